The Hall–Kier alpha value is -2.10. The molecule has 0 aliphatic rings. The Morgan fingerprint density at radius 2 is 1.76 bits per heavy atom. The molecular formula is C17H24O4. The van der Waals surface area contributed by atoms with Crippen molar-refractivity contribution in [3.05, 3.63) is 41.0 Å². The van der Waals surface area contributed by atoms with Gasteiger partial charge in [-0.15, -0.1) is 0 Å². The number of hydrogen-bond acceptors (Lipinski definition) is 4. The van der Waals surface area contributed by atoms with Crippen molar-refractivity contribution >= 4 is 11.9 Å². The summed E-state index contributed by atoms with van der Waals surface area (Å²) in [4.78, 5) is 22.5. The first-order valence-corrected chi connectivity index (χ1v) is 6.97. The second kappa shape index (κ2) is 9.75. The molecule has 0 unspecified atom stereocenters. The Morgan fingerprint density at radius 3 is 2.24 bits per heavy atom. The topological polar surface area (TPSA) is 52.6 Å². The molecule has 0 aliphatic heterocycles. The lowest BCUT2D eigenvalue weighted by molar-refractivity contribution is -0.131. The fraction of sp³-hybridized carbons (Fsp3) is 0.412. The van der Waals surface area contributed by atoms with E-state index < -0.39 is 5.97 Å². The maximum Gasteiger partial charge on any atom is 0.337 e. The van der Waals surface area contributed by atoms with Crippen LogP contribution in [0.3, 0.4) is 0 Å². The Labute approximate surface area is 126 Å². The third-order valence-electron chi connectivity index (χ3n) is 2.47. The molecule has 4 heteroatoms. The summed E-state index contributed by atoms with van der Waals surface area (Å²) in [6.07, 6.45) is 2.60. The number of esters is 2. The average Bonchev–Trinajstić information content (AvgIpc) is 2.46. The number of methoxy groups -OCH3 is 1. The summed E-state index contributed by atoms with van der Waals surface area (Å²) in [5, 5.41) is 0. The van der Waals surface area contributed by atoms with Crippen LogP contribution in [-0.2, 0) is 16.0 Å². The van der Waals surface area contributed by atoms with Crippen LogP contribution in [0.4, 0.5) is 0 Å². The first-order chi connectivity index (χ1) is 9.93. The second-order valence-electron chi connectivity index (χ2n) is 4.39. The summed E-state index contributed by atoms with van der Waals surface area (Å²) in [6.45, 7) is 9.31. The molecular weight excluding hydrogens is 268 g/mol. The molecule has 0 amide bonds. The van der Waals surface area contributed by atoms with Gasteiger partial charge in [0, 0.05) is 6.92 Å². The predicted octanol–water partition coefficient (Wildman–Crippen LogP) is 3.93. The van der Waals surface area contributed by atoms with E-state index in [1.165, 1.54) is 14.0 Å². The van der Waals surface area contributed by atoms with Gasteiger partial charge < -0.3 is 9.47 Å². The van der Waals surface area contributed by atoms with Gasteiger partial charge in [-0.25, -0.2) is 4.79 Å². The van der Waals surface area contributed by atoms with Crippen molar-refractivity contribution in [2.45, 2.75) is 41.0 Å². The van der Waals surface area contributed by atoms with Gasteiger partial charge in [-0.2, -0.15) is 0 Å². The number of carbonyl (C=O) groups excluding carboxylic acids is 2. The predicted molar refractivity (Wildman–Crippen MR) is 83.6 cm³/mol. The third kappa shape index (κ3) is 6.75. The molecule has 0 spiro atoms. The van der Waals surface area contributed by atoms with Crippen molar-refractivity contribution in [1.82, 2.24) is 0 Å². The minimum atomic E-state index is -0.409. The molecule has 0 fully saturated rings. The van der Waals surface area contributed by atoms with Gasteiger partial charge in [-0.3, -0.25) is 4.79 Å². The molecule has 0 N–H and O–H groups in total. The van der Waals surface area contributed by atoms with Crippen LogP contribution >= 0.6 is 0 Å². The lowest BCUT2D eigenvalue weighted by Crippen LogP contribution is -2.06. The van der Waals surface area contributed by atoms with E-state index in [0.717, 1.165) is 11.1 Å². The van der Waals surface area contributed by atoms with E-state index in [1.807, 2.05) is 33.8 Å². The molecule has 21 heavy (non-hydrogen) atoms. The number of ether oxygens (including phenoxy) is 2. The SMILES string of the molecule is CC.COC(=O)c1ccc(OC(C)=O)c(CC=C(C)C)c1. The number of rotatable bonds is 4. The van der Waals surface area contributed by atoms with Crippen LogP contribution in [0.5, 0.6) is 5.75 Å². The molecule has 1 aromatic rings. The summed E-state index contributed by atoms with van der Waals surface area (Å²) >= 11 is 0. The van der Waals surface area contributed by atoms with Crippen molar-refractivity contribution in [3.63, 3.8) is 0 Å². The first kappa shape index (κ1) is 18.9. The summed E-state index contributed by atoms with van der Waals surface area (Å²) in [5.74, 6) is -0.324. The summed E-state index contributed by atoms with van der Waals surface area (Å²) in [7, 11) is 1.33. The Balaban J connectivity index is 0.00000191. The zero-order valence-electron chi connectivity index (χ0n) is 13.6. The third-order valence-corrected chi connectivity index (χ3v) is 2.47. The van der Waals surface area contributed by atoms with Gasteiger partial charge in [0.2, 0.25) is 0 Å². The normalized spacial score (nSPS) is 9.05. The Kier molecular flexibility index (Phi) is 8.77. The quantitative estimate of drug-likeness (QED) is 0.479. The molecule has 0 aliphatic carbocycles. The van der Waals surface area contributed by atoms with Gasteiger partial charge in [0.15, 0.2) is 0 Å². The van der Waals surface area contributed by atoms with E-state index in [0.29, 0.717) is 17.7 Å². The van der Waals surface area contributed by atoms with E-state index in [9.17, 15) is 9.59 Å². The summed E-state index contributed by atoms with van der Waals surface area (Å²) in [6, 6.07) is 4.88. The van der Waals surface area contributed by atoms with Crippen molar-refractivity contribution in [3.8, 4) is 5.75 Å². The smallest absolute Gasteiger partial charge is 0.337 e. The van der Waals surface area contributed by atoms with Crippen molar-refractivity contribution < 1.29 is 19.1 Å². The highest BCUT2D eigenvalue weighted by atomic mass is 16.5. The Morgan fingerprint density at radius 1 is 1.14 bits per heavy atom. The van der Waals surface area contributed by atoms with Crippen LogP contribution in [0.1, 0.15) is 50.5 Å². The number of allylic oxidation sites excluding steroid dienone is 2. The molecule has 0 radical (unpaired) electrons. The highest BCUT2D eigenvalue weighted by molar-refractivity contribution is 5.90. The zero-order chi connectivity index (χ0) is 16.4. The minimum absolute atomic E-state index is 0.385. The van der Waals surface area contributed by atoms with Crippen LogP contribution in [0.15, 0.2) is 29.8 Å². The molecule has 1 aromatic carbocycles. The lowest BCUT2D eigenvalue weighted by Gasteiger charge is -2.09. The monoisotopic (exact) mass is 292 g/mol. The fourth-order valence-electron chi connectivity index (χ4n) is 1.55. The van der Waals surface area contributed by atoms with Crippen molar-refractivity contribution in [1.29, 1.82) is 0 Å². The van der Waals surface area contributed by atoms with E-state index in [2.05, 4.69) is 4.74 Å². The molecule has 0 heterocycles. The maximum absolute atomic E-state index is 11.5. The number of benzene rings is 1. The van der Waals surface area contributed by atoms with Crippen LogP contribution in [0.2, 0.25) is 0 Å². The molecule has 0 saturated heterocycles. The zero-order valence-corrected chi connectivity index (χ0v) is 13.6. The second-order valence-corrected chi connectivity index (χ2v) is 4.39. The van der Waals surface area contributed by atoms with Gasteiger partial charge in [0.25, 0.3) is 0 Å². The average molecular weight is 292 g/mol. The van der Waals surface area contributed by atoms with Crippen LogP contribution in [0, 0.1) is 0 Å². The van der Waals surface area contributed by atoms with E-state index in [4.69, 9.17) is 4.74 Å². The summed E-state index contributed by atoms with van der Waals surface area (Å²) < 4.78 is 9.80. The molecule has 0 saturated carbocycles. The standard InChI is InChI=1S/C15H18O4.C2H6/c1-10(2)5-6-12-9-13(15(17)18-4)7-8-14(12)19-11(3)16;1-2/h5,7-9H,6H2,1-4H3;1-2H3. The maximum atomic E-state index is 11.5. The molecule has 116 valence electrons. The van der Waals surface area contributed by atoms with E-state index >= 15 is 0 Å². The Bertz CT molecular complexity index is 512. The van der Waals surface area contributed by atoms with Crippen LogP contribution in [0.25, 0.3) is 0 Å². The number of carbonyl (C=O) groups is 2. The van der Waals surface area contributed by atoms with Crippen LogP contribution in [-0.4, -0.2) is 19.0 Å². The van der Waals surface area contributed by atoms with Gasteiger partial charge in [0.05, 0.1) is 12.7 Å². The van der Waals surface area contributed by atoms with Gasteiger partial charge >= 0.3 is 11.9 Å². The van der Waals surface area contributed by atoms with E-state index in [1.54, 1.807) is 18.2 Å². The first-order valence-electron chi connectivity index (χ1n) is 6.97. The number of hydrogen-bond donors (Lipinski definition) is 0. The molecule has 1 rings (SSSR count). The fourth-order valence-corrected chi connectivity index (χ4v) is 1.55. The molecule has 0 aromatic heterocycles. The summed E-state index contributed by atoms with van der Waals surface area (Å²) in [5.41, 5.74) is 2.37. The largest absolute Gasteiger partial charge is 0.465 e. The highest BCUT2D eigenvalue weighted by Crippen LogP contribution is 2.22. The van der Waals surface area contributed by atoms with Crippen LogP contribution < -0.4 is 4.74 Å². The highest BCUT2D eigenvalue weighted by Gasteiger charge is 2.11. The van der Waals surface area contributed by atoms with E-state index in [-0.39, 0.29) is 5.97 Å². The molecule has 4 nitrogen and oxygen atoms in total. The van der Waals surface area contributed by atoms with Crippen molar-refractivity contribution in [2.24, 2.45) is 0 Å². The van der Waals surface area contributed by atoms with Crippen molar-refractivity contribution in [2.75, 3.05) is 7.11 Å². The lowest BCUT2D eigenvalue weighted by atomic mass is 10.1. The van der Waals surface area contributed by atoms with Gasteiger partial charge in [0.1, 0.15) is 5.75 Å². The van der Waals surface area contributed by atoms with Gasteiger partial charge in [-0.05, 0) is 44.0 Å². The molecule has 0 atom stereocenters. The van der Waals surface area contributed by atoms with Gasteiger partial charge in [-0.1, -0.05) is 25.5 Å². The molecule has 0 bridgehead atoms. The minimum Gasteiger partial charge on any atom is -0.465 e.